The zero-order valence-corrected chi connectivity index (χ0v) is 7.85. The van der Waals surface area contributed by atoms with Gasteiger partial charge in [0.05, 0.1) is 0 Å². The van der Waals surface area contributed by atoms with Crippen LogP contribution in [0, 0.1) is 16.7 Å². The zero-order valence-electron chi connectivity index (χ0n) is 7.85. The lowest BCUT2D eigenvalue weighted by Crippen LogP contribution is -2.40. The molecule has 2 bridgehead atoms. The lowest BCUT2D eigenvalue weighted by Gasteiger charge is -2.37. The van der Waals surface area contributed by atoms with Crippen molar-refractivity contribution < 1.29 is 0 Å². The third kappa shape index (κ3) is 0.658. The summed E-state index contributed by atoms with van der Waals surface area (Å²) in [7, 11) is 0. The van der Waals surface area contributed by atoms with Crippen molar-refractivity contribution in [1.29, 1.82) is 0 Å². The van der Waals surface area contributed by atoms with Crippen LogP contribution in [0.5, 0.6) is 0 Å². The van der Waals surface area contributed by atoms with Crippen molar-refractivity contribution in [2.45, 2.75) is 46.1 Å². The molecule has 1 nitrogen and oxygen atoms in total. The Balaban J connectivity index is 2.40. The van der Waals surface area contributed by atoms with Gasteiger partial charge in [-0.15, -0.1) is 0 Å². The summed E-state index contributed by atoms with van der Waals surface area (Å²) in [5.41, 5.74) is 7.08. The average molecular weight is 153 g/mol. The largest absolute Gasteiger partial charge is 0.327 e. The van der Waals surface area contributed by atoms with Crippen LogP contribution in [0.4, 0.5) is 0 Å². The Hall–Kier alpha value is -0.0400. The van der Waals surface area contributed by atoms with Crippen LogP contribution in [-0.4, -0.2) is 6.04 Å². The molecule has 0 aromatic rings. The number of fused-ring (bicyclic) bond motifs is 2. The van der Waals surface area contributed by atoms with Crippen LogP contribution in [0.15, 0.2) is 0 Å². The van der Waals surface area contributed by atoms with Gasteiger partial charge in [-0.25, -0.2) is 0 Å². The van der Waals surface area contributed by atoms with Crippen molar-refractivity contribution in [2.75, 3.05) is 0 Å². The summed E-state index contributed by atoms with van der Waals surface area (Å²) >= 11 is 0. The van der Waals surface area contributed by atoms with E-state index in [2.05, 4.69) is 20.8 Å². The molecule has 11 heavy (non-hydrogen) atoms. The summed E-state index contributed by atoms with van der Waals surface area (Å²) < 4.78 is 0. The summed E-state index contributed by atoms with van der Waals surface area (Å²) in [6.45, 7) is 7.18. The van der Waals surface area contributed by atoms with Gasteiger partial charge in [0.2, 0.25) is 0 Å². The number of rotatable bonds is 0. The van der Waals surface area contributed by atoms with E-state index in [0.717, 1.165) is 5.92 Å². The number of nitrogens with two attached hydrogens (primary N) is 1. The van der Waals surface area contributed by atoms with Gasteiger partial charge < -0.3 is 5.73 Å². The quantitative estimate of drug-likeness (QED) is 0.567. The molecule has 64 valence electrons. The molecule has 2 unspecified atom stereocenters. The van der Waals surface area contributed by atoms with Gasteiger partial charge in [0.15, 0.2) is 0 Å². The first kappa shape index (κ1) is 7.60. The van der Waals surface area contributed by atoms with Gasteiger partial charge in [0.25, 0.3) is 0 Å². The van der Waals surface area contributed by atoms with Crippen LogP contribution in [0.2, 0.25) is 0 Å². The summed E-state index contributed by atoms with van der Waals surface area (Å²) in [5.74, 6) is 0.905. The van der Waals surface area contributed by atoms with E-state index in [9.17, 15) is 0 Å². The first-order valence-corrected chi connectivity index (χ1v) is 4.74. The molecular formula is C10H19N. The molecule has 0 radical (unpaired) electrons. The fourth-order valence-electron chi connectivity index (χ4n) is 3.27. The normalized spacial score (nSPS) is 53.5. The highest BCUT2D eigenvalue weighted by molar-refractivity contribution is 5.11. The van der Waals surface area contributed by atoms with Crippen molar-refractivity contribution in [1.82, 2.24) is 0 Å². The number of hydrogen-bond donors (Lipinski definition) is 1. The second kappa shape index (κ2) is 1.82. The summed E-state index contributed by atoms with van der Waals surface area (Å²) in [6, 6.07) is 0.469. The van der Waals surface area contributed by atoms with Gasteiger partial charge in [0.1, 0.15) is 0 Å². The highest BCUT2D eigenvalue weighted by Crippen LogP contribution is 2.64. The van der Waals surface area contributed by atoms with Crippen molar-refractivity contribution in [3.8, 4) is 0 Å². The fourth-order valence-corrected chi connectivity index (χ4v) is 3.27. The van der Waals surface area contributed by atoms with Gasteiger partial charge >= 0.3 is 0 Å². The molecule has 3 atom stereocenters. The maximum Gasteiger partial charge on any atom is 0.0101 e. The molecule has 2 aliphatic rings. The summed E-state index contributed by atoms with van der Waals surface area (Å²) in [4.78, 5) is 0. The third-order valence-electron chi connectivity index (χ3n) is 4.86. The molecule has 0 heterocycles. The highest BCUT2D eigenvalue weighted by Gasteiger charge is 2.59. The molecule has 0 spiro atoms. The van der Waals surface area contributed by atoms with Crippen molar-refractivity contribution in [3.63, 3.8) is 0 Å². The Morgan fingerprint density at radius 3 is 2.09 bits per heavy atom. The maximum atomic E-state index is 6.13. The van der Waals surface area contributed by atoms with E-state index in [1.807, 2.05) is 0 Å². The standard InChI is InChI=1S/C10H19N/c1-9(2)7-4-5-10(9,3)8(11)6-7/h7-8H,4-6,11H2,1-3H3/t7?,8?,10-/m1/s1. The van der Waals surface area contributed by atoms with Gasteiger partial charge in [0, 0.05) is 6.04 Å². The molecule has 0 aromatic heterocycles. The molecule has 2 saturated carbocycles. The molecular weight excluding hydrogens is 134 g/mol. The minimum atomic E-state index is 0.442. The lowest BCUT2D eigenvalue weighted by atomic mass is 9.69. The van der Waals surface area contributed by atoms with Gasteiger partial charge in [-0.2, -0.15) is 0 Å². The highest BCUT2D eigenvalue weighted by atomic mass is 14.8. The van der Waals surface area contributed by atoms with E-state index in [4.69, 9.17) is 5.73 Å². The van der Waals surface area contributed by atoms with E-state index in [-0.39, 0.29) is 0 Å². The minimum absolute atomic E-state index is 0.442. The molecule has 2 rings (SSSR count). The van der Waals surface area contributed by atoms with Crippen molar-refractivity contribution in [3.05, 3.63) is 0 Å². The van der Waals surface area contributed by atoms with Crippen molar-refractivity contribution >= 4 is 0 Å². The smallest absolute Gasteiger partial charge is 0.0101 e. The van der Waals surface area contributed by atoms with E-state index < -0.39 is 0 Å². The van der Waals surface area contributed by atoms with Crippen molar-refractivity contribution in [2.24, 2.45) is 22.5 Å². The van der Waals surface area contributed by atoms with Crippen LogP contribution in [0.3, 0.4) is 0 Å². The molecule has 2 aliphatic carbocycles. The predicted molar refractivity (Wildman–Crippen MR) is 47.2 cm³/mol. The maximum absolute atomic E-state index is 6.13. The molecule has 2 fully saturated rings. The fraction of sp³-hybridized carbons (Fsp3) is 1.00. The summed E-state index contributed by atoms with van der Waals surface area (Å²) in [5, 5.41) is 0. The van der Waals surface area contributed by atoms with Crippen LogP contribution < -0.4 is 5.73 Å². The Kier molecular flexibility index (Phi) is 1.26. The van der Waals surface area contributed by atoms with Gasteiger partial charge in [-0.1, -0.05) is 20.8 Å². The number of hydrogen-bond acceptors (Lipinski definition) is 1. The molecule has 0 aliphatic heterocycles. The first-order valence-electron chi connectivity index (χ1n) is 4.74. The minimum Gasteiger partial charge on any atom is -0.327 e. The van der Waals surface area contributed by atoms with E-state index in [1.165, 1.54) is 19.3 Å². The second-order valence-corrected chi connectivity index (χ2v) is 5.22. The Morgan fingerprint density at radius 1 is 1.27 bits per heavy atom. The Morgan fingerprint density at radius 2 is 1.91 bits per heavy atom. The van der Waals surface area contributed by atoms with Crippen LogP contribution in [0.1, 0.15) is 40.0 Å². The molecule has 0 amide bonds. The van der Waals surface area contributed by atoms with E-state index in [0.29, 0.717) is 16.9 Å². The Bertz CT molecular complexity index is 185. The third-order valence-corrected chi connectivity index (χ3v) is 4.86. The molecule has 1 heteroatoms. The summed E-state index contributed by atoms with van der Waals surface area (Å²) in [6.07, 6.45) is 4.03. The Labute approximate surface area is 69.4 Å². The average Bonchev–Trinajstić information content (AvgIpc) is 2.20. The van der Waals surface area contributed by atoms with Crippen LogP contribution in [0.25, 0.3) is 0 Å². The predicted octanol–water partition coefficient (Wildman–Crippen LogP) is 2.16. The zero-order chi connectivity index (χ0) is 8.28. The topological polar surface area (TPSA) is 26.0 Å². The molecule has 2 N–H and O–H groups in total. The lowest BCUT2D eigenvalue weighted by molar-refractivity contribution is 0.136. The van der Waals surface area contributed by atoms with E-state index in [1.54, 1.807) is 0 Å². The second-order valence-electron chi connectivity index (χ2n) is 5.22. The van der Waals surface area contributed by atoms with E-state index >= 15 is 0 Å². The molecule has 0 saturated heterocycles. The van der Waals surface area contributed by atoms with Gasteiger partial charge in [-0.3, -0.25) is 0 Å². The molecule has 0 aromatic carbocycles. The SMILES string of the molecule is CC1(C)C2CC[C@]1(C)C(N)C2. The van der Waals surface area contributed by atoms with Crippen LogP contribution >= 0.6 is 0 Å². The van der Waals surface area contributed by atoms with Gasteiger partial charge in [-0.05, 0) is 36.0 Å². The van der Waals surface area contributed by atoms with Crippen LogP contribution in [-0.2, 0) is 0 Å². The first-order chi connectivity index (χ1) is 4.98. The monoisotopic (exact) mass is 153 g/mol.